The highest BCUT2D eigenvalue weighted by molar-refractivity contribution is 7.90. The number of hydrogen-bond donors (Lipinski definition) is 3. The van der Waals surface area contributed by atoms with Crippen molar-refractivity contribution < 1.29 is 13.2 Å². The van der Waals surface area contributed by atoms with Crippen molar-refractivity contribution in [2.45, 2.75) is 13.2 Å². The molecule has 2 aromatic carbocycles. The van der Waals surface area contributed by atoms with Gasteiger partial charge in [-0.15, -0.1) is 11.3 Å². The van der Waals surface area contributed by atoms with Crippen LogP contribution in [0.3, 0.4) is 0 Å². The third-order valence-electron chi connectivity index (χ3n) is 5.85. The first-order valence-electron chi connectivity index (χ1n) is 12.2. The molecule has 2 aliphatic rings. The monoisotopic (exact) mass is 547 g/mol. The maximum atomic E-state index is 11.3. The van der Waals surface area contributed by atoms with Crippen molar-refractivity contribution in [3.05, 3.63) is 119 Å². The number of dihydropyridines is 1. The van der Waals surface area contributed by atoms with Crippen LogP contribution < -0.4 is 25.6 Å². The molecule has 3 heterocycles. The van der Waals surface area contributed by atoms with Crippen LogP contribution in [-0.4, -0.2) is 32.0 Å². The SMILES string of the molecule is CS(=O)(=O)CCNCc1csc(N2C=CC3=CNC=C(Nc4ccc(OCc5ccccc5)cc4)C3=C2)n1. The number of fused-ring (bicyclic) bond motifs is 1. The predicted octanol–water partition coefficient (Wildman–Crippen LogP) is 4.51. The summed E-state index contributed by atoms with van der Waals surface area (Å²) in [5, 5.41) is 12.7. The normalized spacial score (nSPS) is 14.7. The van der Waals surface area contributed by atoms with Crippen molar-refractivity contribution >= 4 is 32.0 Å². The van der Waals surface area contributed by atoms with Crippen LogP contribution in [0, 0.1) is 0 Å². The summed E-state index contributed by atoms with van der Waals surface area (Å²) in [6.45, 7) is 1.45. The number of allylic oxidation sites excluding steroid dienone is 2. The molecule has 0 aliphatic carbocycles. The van der Waals surface area contributed by atoms with E-state index < -0.39 is 9.84 Å². The summed E-state index contributed by atoms with van der Waals surface area (Å²) in [5.74, 6) is 0.923. The average Bonchev–Trinajstić information content (AvgIpc) is 3.40. The molecule has 38 heavy (non-hydrogen) atoms. The van der Waals surface area contributed by atoms with Gasteiger partial charge < -0.3 is 20.7 Å². The first-order chi connectivity index (χ1) is 18.4. The third kappa shape index (κ3) is 6.91. The van der Waals surface area contributed by atoms with Crippen molar-refractivity contribution in [1.82, 2.24) is 15.6 Å². The maximum absolute atomic E-state index is 11.3. The molecule has 0 saturated carbocycles. The molecular weight excluding hydrogens is 518 g/mol. The fraction of sp³-hybridized carbons (Fsp3) is 0.179. The Bertz CT molecular complexity index is 1490. The number of anilines is 2. The number of aromatic nitrogens is 1. The van der Waals surface area contributed by atoms with E-state index in [0.717, 1.165) is 44.7 Å². The van der Waals surface area contributed by atoms with Gasteiger partial charge in [0, 0.05) is 66.4 Å². The van der Waals surface area contributed by atoms with E-state index in [1.54, 1.807) is 11.3 Å². The molecule has 0 amide bonds. The predicted molar refractivity (Wildman–Crippen MR) is 153 cm³/mol. The highest BCUT2D eigenvalue weighted by Gasteiger charge is 2.20. The molecule has 0 radical (unpaired) electrons. The van der Waals surface area contributed by atoms with E-state index in [1.807, 2.05) is 89.6 Å². The highest BCUT2D eigenvalue weighted by Crippen LogP contribution is 2.32. The molecule has 0 atom stereocenters. The van der Waals surface area contributed by atoms with Gasteiger partial charge in [-0.05, 0) is 35.9 Å². The smallest absolute Gasteiger partial charge is 0.193 e. The summed E-state index contributed by atoms with van der Waals surface area (Å²) in [7, 11) is -2.98. The Morgan fingerprint density at radius 3 is 2.68 bits per heavy atom. The van der Waals surface area contributed by atoms with Gasteiger partial charge in [0.25, 0.3) is 0 Å². The second-order valence-corrected chi connectivity index (χ2v) is 12.0. The van der Waals surface area contributed by atoms with Gasteiger partial charge in [-0.3, -0.25) is 4.90 Å². The van der Waals surface area contributed by atoms with Gasteiger partial charge in [0.1, 0.15) is 22.2 Å². The van der Waals surface area contributed by atoms with Crippen LogP contribution in [0.5, 0.6) is 5.75 Å². The molecule has 8 nitrogen and oxygen atoms in total. The Kier molecular flexibility index (Phi) is 7.92. The highest BCUT2D eigenvalue weighted by atomic mass is 32.2. The number of nitrogens with one attached hydrogen (secondary N) is 3. The van der Waals surface area contributed by atoms with Gasteiger partial charge in [-0.25, -0.2) is 13.4 Å². The van der Waals surface area contributed by atoms with Crippen molar-refractivity contribution in [1.29, 1.82) is 0 Å². The van der Waals surface area contributed by atoms with Crippen LogP contribution in [0.2, 0.25) is 0 Å². The lowest BCUT2D eigenvalue weighted by Gasteiger charge is -2.26. The minimum absolute atomic E-state index is 0.111. The molecule has 0 bridgehead atoms. The Hall–Kier alpha value is -3.86. The zero-order valence-electron chi connectivity index (χ0n) is 20.9. The van der Waals surface area contributed by atoms with Gasteiger partial charge >= 0.3 is 0 Å². The molecule has 3 N–H and O–H groups in total. The number of rotatable bonds is 11. The van der Waals surface area contributed by atoms with Crippen LogP contribution in [0.15, 0.2) is 108 Å². The second kappa shape index (κ2) is 11.7. The number of nitrogens with zero attached hydrogens (tertiary/aromatic N) is 2. The van der Waals surface area contributed by atoms with Gasteiger partial charge in [0.15, 0.2) is 5.13 Å². The van der Waals surface area contributed by atoms with Crippen LogP contribution in [0.4, 0.5) is 10.8 Å². The summed E-state index contributed by atoms with van der Waals surface area (Å²) in [5.41, 5.74) is 6.00. The molecule has 196 valence electrons. The lowest BCUT2D eigenvalue weighted by molar-refractivity contribution is 0.306. The summed E-state index contributed by atoms with van der Waals surface area (Å²) in [4.78, 5) is 6.71. The Balaban J connectivity index is 1.21. The van der Waals surface area contributed by atoms with Gasteiger partial charge in [0.2, 0.25) is 0 Å². The Morgan fingerprint density at radius 1 is 1.08 bits per heavy atom. The van der Waals surface area contributed by atoms with Gasteiger partial charge in [-0.2, -0.15) is 0 Å². The van der Waals surface area contributed by atoms with Crippen LogP contribution in [0.25, 0.3) is 0 Å². The fourth-order valence-corrected chi connectivity index (χ4v) is 5.17. The first-order valence-corrected chi connectivity index (χ1v) is 15.1. The van der Waals surface area contributed by atoms with E-state index in [1.165, 1.54) is 6.26 Å². The molecule has 5 rings (SSSR count). The molecule has 0 spiro atoms. The van der Waals surface area contributed by atoms with E-state index in [0.29, 0.717) is 19.7 Å². The van der Waals surface area contributed by atoms with Crippen molar-refractivity contribution in [3.8, 4) is 5.75 Å². The van der Waals surface area contributed by atoms with E-state index >= 15 is 0 Å². The topological polar surface area (TPSA) is 95.6 Å². The summed E-state index contributed by atoms with van der Waals surface area (Å²) >= 11 is 1.54. The second-order valence-electron chi connectivity index (χ2n) is 8.94. The van der Waals surface area contributed by atoms with Crippen LogP contribution in [-0.2, 0) is 23.0 Å². The molecule has 1 aromatic heterocycles. The summed E-state index contributed by atoms with van der Waals surface area (Å²) < 4.78 is 28.5. The molecule has 0 saturated heterocycles. The molecule has 3 aromatic rings. The zero-order chi connectivity index (χ0) is 26.4. The van der Waals surface area contributed by atoms with Gasteiger partial charge in [0.05, 0.1) is 17.1 Å². The molecule has 0 unspecified atom stereocenters. The molecule has 2 aliphatic heterocycles. The molecule has 0 fully saturated rings. The summed E-state index contributed by atoms with van der Waals surface area (Å²) in [6.07, 6.45) is 11.2. The van der Waals surface area contributed by atoms with Crippen LogP contribution in [0.1, 0.15) is 11.3 Å². The summed E-state index contributed by atoms with van der Waals surface area (Å²) in [6, 6.07) is 18.0. The Labute approximate surface area is 227 Å². The van der Waals surface area contributed by atoms with Crippen LogP contribution >= 0.6 is 11.3 Å². The third-order valence-corrected chi connectivity index (χ3v) is 7.70. The number of sulfone groups is 1. The lowest BCUT2D eigenvalue weighted by atomic mass is 10.0. The minimum Gasteiger partial charge on any atom is -0.489 e. The van der Waals surface area contributed by atoms with E-state index in [-0.39, 0.29) is 5.75 Å². The Morgan fingerprint density at radius 2 is 1.89 bits per heavy atom. The standard InChI is InChI=1S/C28H29N5O3S2/c1-38(34,35)14-12-29-16-24-20-37-28(32-24)33-13-11-22-15-30-17-27(26(22)18-33)31-23-7-9-25(10-8-23)36-19-21-5-3-2-4-6-21/h2-11,13,15,17-18,20,29-31H,12,14,16,19H2,1H3. The average molecular weight is 548 g/mol. The van der Waals surface area contributed by atoms with E-state index in [2.05, 4.69) is 22.2 Å². The quantitative estimate of drug-likeness (QED) is 0.302. The minimum atomic E-state index is -2.98. The van der Waals surface area contributed by atoms with Crippen molar-refractivity contribution in [2.24, 2.45) is 0 Å². The number of ether oxygens (including phenoxy) is 1. The maximum Gasteiger partial charge on any atom is 0.193 e. The zero-order valence-corrected chi connectivity index (χ0v) is 22.6. The van der Waals surface area contributed by atoms with E-state index in [9.17, 15) is 8.42 Å². The lowest BCUT2D eigenvalue weighted by Crippen LogP contribution is -2.22. The van der Waals surface area contributed by atoms with Crippen molar-refractivity contribution in [3.63, 3.8) is 0 Å². The molecule has 10 heteroatoms. The number of hydrogen-bond acceptors (Lipinski definition) is 9. The molecular formula is C28H29N5O3S2. The fourth-order valence-electron chi connectivity index (χ4n) is 3.87. The number of benzene rings is 2. The van der Waals surface area contributed by atoms with E-state index in [4.69, 9.17) is 9.72 Å². The largest absolute Gasteiger partial charge is 0.489 e. The first kappa shape index (κ1) is 25.8. The number of thiazole rings is 1. The van der Waals surface area contributed by atoms with Crippen molar-refractivity contribution in [2.75, 3.05) is 28.8 Å². The van der Waals surface area contributed by atoms with Gasteiger partial charge in [-0.1, -0.05) is 30.3 Å².